The summed E-state index contributed by atoms with van der Waals surface area (Å²) >= 11 is 0. The summed E-state index contributed by atoms with van der Waals surface area (Å²) in [5.41, 5.74) is 20.0. The van der Waals surface area contributed by atoms with Crippen molar-refractivity contribution in [2.24, 2.45) is 0 Å². The first kappa shape index (κ1) is 30.2. The topological polar surface area (TPSA) is 9.86 Å². The molecule has 0 saturated heterocycles. The number of rotatable bonds is 4. The number of nitrogens with zero attached hydrogens (tertiary/aromatic N) is 2. The zero-order valence-electron chi connectivity index (χ0n) is 29.6. The predicted molar refractivity (Wildman–Crippen MR) is 214 cm³/mol. The molecule has 0 N–H and O–H groups in total. The Hall–Kier alpha value is -5.86. The molecule has 0 aliphatic rings. The van der Waals surface area contributed by atoms with Crippen LogP contribution >= 0.6 is 0 Å². The van der Waals surface area contributed by atoms with E-state index in [-0.39, 0.29) is 0 Å². The quantitative estimate of drug-likeness (QED) is 0.180. The molecule has 9 aromatic rings. The van der Waals surface area contributed by atoms with Gasteiger partial charge in [-0.25, -0.2) is 0 Å². The van der Waals surface area contributed by atoms with E-state index >= 15 is 0 Å². The lowest BCUT2D eigenvalue weighted by molar-refractivity contribution is 1.18. The van der Waals surface area contributed by atoms with Gasteiger partial charge in [-0.2, -0.15) is 0 Å². The molecule has 242 valence electrons. The van der Waals surface area contributed by atoms with Gasteiger partial charge in [0.2, 0.25) is 0 Å². The summed E-state index contributed by atoms with van der Waals surface area (Å²) in [6.45, 7) is 13.1. The van der Waals surface area contributed by atoms with E-state index < -0.39 is 0 Å². The molecule has 0 radical (unpaired) electrons. The van der Waals surface area contributed by atoms with Crippen LogP contribution in [-0.4, -0.2) is 9.13 Å². The summed E-state index contributed by atoms with van der Waals surface area (Å²) in [6.07, 6.45) is 0. The first-order chi connectivity index (χ1) is 24.2. The predicted octanol–water partition coefficient (Wildman–Crippen LogP) is 13.1. The minimum absolute atomic E-state index is 1.17. The second-order valence-electron chi connectivity index (χ2n) is 14.3. The van der Waals surface area contributed by atoms with Crippen molar-refractivity contribution in [1.29, 1.82) is 0 Å². The minimum atomic E-state index is 1.17. The fraction of sp³-hybridized carbons (Fsp3) is 0.125. The molecule has 9 rings (SSSR count). The van der Waals surface area contributed by atoms with E-state index in [2.05, 4.69) is 184 Å². The van der Waals surface area contributed by atoms with Gasteiger partial charge < -0.3 is 9.13 Å². The third-order valence-corrected chi connectivity index (χ3v) is 10.7. The van der Waals surface area contributed by atoms with Gasteiger partial charge in [-0.05, 0) is 148 Å². The Bertz CT molecular complexity index is 2470. The summed E-state index contributed by atoms with van der Waals surface area (Å²) < 4.78 is 4.81. The standard InChI is InChI=1S/C48H40N2/c1-29-7-19-45-41(23-29)42-24-30(2)8-20-46(42)49(45)37-15-11-35(12-16-37)39-27-33(5)34(6)28-40(39)36-13-17-38(18-14-36)50-47-21-9-31(3)25-43(47)44-26-32(4)10-22-48(44)50/h7-28H,1-6H3. The van der Waals surface area contributed by atoms with Crippen molar-refractivity contribution in [3.8, 4) is 33.6 Å². The van der Waals surface area contributed by atoms with E-state index in [1.54, 1.807) is 0 Å². The SMILES string of the molecule is Cc1ccc2c(c1)c1cc(C)ccc1n2-c1ccc(-c2cc(C)c(C)cc2-c2ccc(-n3c4ccc(C)cc4c4cc(C)ccc43)cc2)cc1. The van der Waals surface area contributed by atoms with Crippen molar-refractivity contribution in [3.05, 3.63) is 167 Å². The van der Waals surface area contributed by atoms with Gasteiger partial charge >= 0.3 is 0 Å². The van der Waals surface area contributed by atoms with E-state index in [1.807, 2.05) is 0 Å². The number of fused-ring (bicyclic) bond motifs is 6. The van der Waals surface area contributed by atoms with E-state index in [0.717, 1.165) is 0 Å². The van der Waals surface area contributed by atoms with Crippen LogP contribution < -0.4 is 0 Å². The summed E-state index contributed by atoms with van der Waals surface area (Å²) in [5, 5.41) is 5.22. The maximum Gasteiger partial charge on any atom is 0.0541 e. The van der Waals surface area contributed by atoms with Crippen molar-refractivity contribution in [2.75, 3.05) is 0 Å². The van der Waals surface area contributed by atoms with Crippen LogP contribution in [0.1, 0.15) is 33.4 Å². The number of hydrogen-bond donors (Lipinski definition) is 0. The first-order valence-electron chi connectivity index (χ1n) is 17.6. The van der Waals surface area contributed by atoms with Gasteiger partial charge in [-0.3, -0.25) is 0 Å². The van der Waals surface area contributed by atoms with Crippen LogP contribution in [0.5, 0.6) is 0 Å². The van der Waals surface area contributed by atoms with Crippen molar-refractivity contribution in [1.82, 2.24) is 9.13 Å². The van der Waals surface area contributed by atoms with Crippen LogP contribution in [0.2, 0.25) is 0 Å². The highest BCUT2D eigenvalue weighted by Gasteiger charge is 2.16. The average Bonchev–Trinajstić information content (AvgIpc) is 3.60. The molecule has 0 spiro atoms. The molecule has 2 aromatic heterocycles. The zero-order valence-corrected chi connectivity index (χ0v) is 29.6. The summed E-state index contributed by atoms with van der Waals surface area (Å²) in [5.74, 6) is 0. The van der Waals surface area contributed by atoms with E-state index in [0.29, 0.717) is 0 Å². The number of benzene rings is 7. The van der Waals surface area contributed by atoms with Crippen LogP contribution in [0.25, 0.3) is 77.2 Å². The third kappa shape index (κ3) is 4.78. The third-order valence-electron chi connectivity index (χ3n) is 10.7. The van der Waals surface area contributed by atoms with E-state index in [1.165, 1.54) is 111 Å². The van der Waals surface area contributed by atoms with E-state index in [9.17, 15) is 0 Å². The van der Waals surface area contributed by atoms with Gasteiger partial charge in [-0.15, -0.1) is 0 Å². The molecule has 50 heavy (non-hydrogen) atoms. The fourth-order valence-corrected chi connectivity index (χ4v) is 7.93. The Morgan fingerprint density at radius 1 is 0.300 bits per heavy atom. The lowest BCUT2D eigenvalue weighted by Gasteiger charge is -2.16. The van der Waals surface area contributed by atoms with Crippen molar-refractivity contribution in [3.63, 3.8) is 0 Å². The monoisotopic (exact) mass is 644 g/mol. The smallest absolute Gasteiger partial charge is 0.0541 e. The van der Waals surface area contributed by atoms with E-state index in [4.69, 9.17) is 0 Å². The number of aryl methyl sites for hydroxylation is 6. The maximum atomic E-state index is 2.41. The highest BCUT2D eigenvalue weighted by atomic mass is 15.0. The molecule has 0 amide bonds. The van der Waals surface area contributed by atoms with Gasteiger partial charge in [-0.1, -0.05) is 82.9 Å². The largest absolute Gasteiger partial charge is 0.309 e. The molecule has 0 saturated carbocycles. The van der Waals surface area contributed by atoms with Gasteiger partial charge in [0, 0.05) is 32.9 Å². The molecule has 2 nitrogen and oxygen atoms in total. The fourth-order valence-electron chi connectivity index (χ4n) is 7.93. The van der Waals surface area contributed by atoms with Crippen LogP contribution in [0.4, 0.5) is 0 Å². The second kappa shape index (κ2) is 11.4. The van der Waals surface area contributed by atoms with Crippen LogP contribution in [0.3, 0.4) is 0 Å². The van der Waals surface area contributed by atoms with Gasteiger partial charge in [0.25, 0.3) is 0 Å². The summed E-state index contributed by atoms with van der Waals surface area (Å²) in [7, 11) is 0. The maximum absolute atomic E-state index is 2.41. The Morgan fingerprint density at radius 3 is 0.860 bits per heavy atom. The number of aromatic nitrogens is 2. The summed E-state index contributed by atoms with van der Waals surface area (Å²) in [4.78, 5) is 0. The molecule has 0 bridgehead atoms. The van der Waals surface area contributed by atoms with Crippen molar-refractivity contribution >= 4 is 43.6 Å². The highest BCUT2D eigenvalue weighted by Crippen LogP contribution is 2.39. The summed E-state index contributed by atoms with van der Waals surface area (Å²) in [6, 6.07) is 50.2. The molecule has 2 heterocycles. The molecule has 7 aromatic carbocycles. The van der Waals surface area contributed by atoms with Crippen LogP contribution in [0.15, 0.2) is 133 Å². The van der Waals surface area contributed by atoms with Gasteiger partial charge in [0.15, 0.2) is 0 Å². The lowest BCUT2D eigenvalue weighted by Crippen LogP contribution is -1.96. The molecule has 0 fully saturated rings. The molecule has 0 unspecified atom stereocenters. The van der Waals surface area contributed by atoms with Gasteiger partial charge in [0.1, 0.15) is 0 Å². The zero-order chi connectivity index (χ0) is 34.3. The molecule has 0 atom stereocenters. The molecular weight excluding hydrogens is 605 g/mol. The number of hydrogen-bond acceptors (Lipinski definition) is 0. The first-order valence-corrected chi connectivity index (χ1v) is 17.6. The lowest BCUT2D eigenvalue weighted by atomic mass is 9.90. The Balaban J connectivity index is 1.14. The van der Waals surface area contributed by atoms with Crippen molar-refractivity contribution < 1.29 is 0 Å². The Labute approximate surface area is 293 Å². The molecule has 0 aliphatic carbocycles. The molecule has 0 aliphatic heterocycles. The van der Waals surface area contributed by atoms with Gasteiger partial charge in [0.05, 0.1) is 22.1 Å². The highest BCUT2D eigenvalue weighted by molar-refractivity contribution is 6.10. The van der Waals surface area contributed by atoms with Crippen LogP contribution in [-0.2, 0) is 0 Å². The second-order valence-corrected chi connectivity index (χ2v) is 14.3. The van der Waals surface area contributed by atoms with Crippen molar-refractivity contribution in [2.45, 2.75) is 41.5 Å². The molecular formula is C48H40N2. The molecule has 2 heteroatoms. The Morgan fingerprint density at radius 2 is 0.580 bits per heavy atom. The van der Waals surface area contributed by atoms with Crippen LogP contribution in [0, 0.1) is 41.5 Å². The average molecular weight is 645 g/mol. The Kier molecular flexibility index (Phi) is 6.86. The minimum Gasteiger partial charge on any atom is -0.309 e. The normalized spacial score (nSPS) is 11.8.